The predicted octanol–water partition coefficient (Wildman–Crippen LogP) is 8.50. The zero-order valence-electron chi connectivity index (χ0n) is 20.0. The molecule has 36 heavy (non-hydrogen) atoms. The fourth-order valence-electron chi connectivity index (χ4n) is 5.62. The third-order valence-corrected chi connectivity index (χ3v) is 7.28. The van der Waals surface area contributed by atoms with Gasteiger partial charge >= 0.3 is 0 Å². The third-order valence-electron chi connectivity index (χ3n) is 7.28. The Kier molecular flexibility index (Phi) is 4.49. The van der Waals surface area contributed by atoms with Gasteiger partial charge < -0.3 is 4.42 Å². The Morgan fingerprint density at radius 3 is 2.28 bits per heavy atom. The molecule has 0 aliphatic rings. The molecule has 2 heterocycles. The highest BCUT2D eigenvalue weighted by atomic mass is 19.1. The largest absolute Gasteiger partial charge is 0.455 e. The SMILES string of the molecule is Cc1ccc2c(oc3cc(F)cc(-c4cc5ccccc5c5ccccc45)c32)c1-c1cccc[n+]1C. The summed E-state index contributed by atoms with van der Waals surface area (Å²) in [6, 6.07) is 32.4. The van der Waals surface area contributed by atoms with Gasteiger partial charge in [0.1, 0.15) is 24.0 Å². The van der Waals surface area contributed by atoms with Gasteiger partial charge in [0, 0.05) is 29.0 Å². The van der Waals surface area contributed by atoms with Crippen LogP contribution in [0.5, 0.6) is 0 Å². The van der Waals surface area contributed by atoms with Crippen molar-refractivity contribution in [3.8, 4) is 22.4 Å². The standard InChI is InChI=1S/C33H23FNO/c1-20-14-15-26-32-28(27-17-21-9-3-4-10-23(21)24-11-5-6-12-25(24)27)18-22(34)19-30(32)36-33(26)31(20)29-13-7-8-16-35(29)2/h3-19H,1-2H3/q+1. The summed E-state index contributed by atoms with van der Waals surface area (Å²) in [5, 5.41) is 6.50. The molecule has 2 aromatic heterocycles. The van der Waals surface area contributed by atoms with Crippen molar-refractivity contribution in [3.05, 3.63) is 115 Å². The van der Waals surface area contributed by atoms with Crippen LogP contribution in [0.15, 0.2) is 108 Å². The summed E-state index contributed by atoms with van der Waals surface area (Å²) in [7, 11) is 2.03. The highest BCUT2D eigenvalue weighted by Crippen LogP contribution is 2.44. The van der Waals surface area contributed by atoms with Gasteiger partial charge in [-0.25, -0.2) is 8.96 Å². The van der Waals surface area contributed by atoms with Gasteiger partial charge in [-0.05, 0) is 63.4 Å². The fraction of sp³-hybridized carbons (Fsp3) is 0.0606. The molecular formula is C33H23FNO+. The lowest BCUT2D eigenvalue weighted by Gasteiger charge is -2.12. The van der Waals surface area contributed by atoms with E-state index in [0.717, 1.165) is 60.5 Å². The second kappa shape index (κ2) is 7.76. The van der Waals surface area contributed by atoms with Crippen molar-refractivity contribution in [3.63, 3.8) is 0 Å². The maximum atomic E-state index is 15.1. The van der Waals surface area contributed by atoms with Gasteiger partial charge in [-0.2, -0.15) is 0 Å². The lowest BCUT2D eigenvalue weighted by molar-refractivity contribution is -0.660. The second-order valence-corrected chi connectivity index (χ2v) is 9.45. The molecule has 0 aliphatic heterocycles. The molecule has 0 fully saturated rings. The quantitative estimate of drug-likeness (QED) is 0.184. The van der Waals surface area contributed by atoms with Crippen molar-refractivity contribution in [1.29, 1.82) is 0 Å². The normalized spacial score (nSPS) is 11.8. The summed E-state index contributed by atoms with van der Waals surface area (Å²) in [6.45, 7) is 2.09. The summed E-state index contributed by atoms with van der Waals surface area (Å²) in [6.07, 6.45) is 2.03. The van der Waals surface area contributed by atoms with Crippen molar-refractivity contribution in [2.24, 2.45) is 7.05 Å². The molecule has 7 aromatic rings. The zero-order chi connectivity index (χ0) is 24.4. The first-order valence-electron chi connectivity index (χ1n) is 12.1. The topological polar surface area (TPSA) is 17.0 Å². The predicted molar refractivity (Wildman–Crippen MR) is 145 cm³/mol. The van der Waals surface area contributed by atoms with Crippen molar-refractivity contribution in [2.75, 3.05) is 0 Å². The van der Waals surface area contributed by atoms with E-state index in [1.54, 1.807) is 6.07 Å². The average molecular weight is 469 g/mol. The number of nitrogens with zero attached hydrogens (tertiary/aromatic N) is 1. The number of furan rings is 1. The lowest BCUT2D eigenvalue weighted by atomic mass is 9.90. The number of aromatic nitrogens is 1. The molecule has 0 atom stereocenters. The van der Waals surface area contributed by atoms with Crippen molar-refractivity contribution in [2.45, 2.75) is 6.92 Å². The Morgan fingerprint density at radius 2 is 1.44 bits per heavy atom. The zero-order valence-corrected chi connectivity index (χ0v) is 20.0. The van der Waals surface area contributed by atoms with E-state index in [2.05, 4.69) is 72.2 Å². The number of fused-ring (bicyclic) bond motifs is 6. The molecule has 0 aliphatic carbocycles. The van der Waals surface area contributed by atoms with E-state index in [4.69, 9.17) is 4.42 Å². The Bertz CT molecular complexity index is 1980. The van der Waals surface area contributed by atoms with Crippen LogP contribution in [0.2, 0.25) is 0 Å². The number of pyridine rings is 1. The summed E-state index contributed by atoms with van der Waals surface area (Å²) < 4.78 is 23.7. The van der Waals surface area contributed by atoms with Crippen LogP contribution in [0, 0.1) is 12.7 Å². The molecule has 0 unspecified atom stereocenters. The van der Waals surface area contributed by atoms with Crippen LogP contribution in [0.4, 0.5) is 4.39 Å². The van der Waals surface area contributed by atoms with Gasteiger partial charge in [-0.3, -0.25) is 0 Å². The van der Waals surface area contributed by atoms with Gasteiger partial charge in [0.05, 0.1) is 5.56 Å². The van der Waals surface area contributed by atoms with Crippen LogP contribution < -0.4 is 4.57 Å². The molecule has 5 aromatic carbocycles. The Labute approximate surface area is 207 Å². The van der Waals surface area contributed by atoms with E-state index in [9.17, 15) is 0 Å². The number of aryl methyl sites for hydroxylation is 2. The maximum absolute atomic E-state index is 15.1. The monoisotopic (exact) mass is 468 g/mol. The first-order chi connectivity index (χ1) is 17.6. The molecule has 7 rings (SSSR count). The molecule has 0 radical (unpaired) electrons. The van der Waals surface area contributed by atoms with Crippen LogP contribution in [0.1, 0.15) is 5.56 Å². The number of halogens is 1. The summed E-state index contributed by atoms with van der Waals surface area (Å²) in [4.78, 5) is 0. The van der Waals surface area contributed by atoms with Crippen molar-refractivity contribution in [1.82, 2.24) is 0 Å². The number of benzene rings is 5. The van der Waals surface area contributed by atoms with E-state index < -0.39 is 0 Å². The fourth-order valence-corrected chi connectivity index (χ4v) is 5.62. The summed E-state index contributed by atoms with van der Waals surface area (Å²) in [5.41, 5.74) is 6.38. The Morgan fingerprint density at radius 1 is 0.694 bits per heavy atom. The molecule has 2 nitrogen and oxygen atoms in total. The second-order valence-electron chi connectivity index (χ2n) is 9.45. The van der Waals surface area contributed by atoms with Gasteiger partial charge in [0.2, 0.25) is 5.69 Å². The molecule has 172 valence electrons. The van der Waals surface area contributed by atoms with Gasteiger partial charge in [-0.15, -0.1) is 0 Å². The van der Waals surface area contributed by atoms with E-state index >= 15 is 4.39 Å². The minimum Gasteiger partial charge on any atom is -0.455 e. The molecule has 0 N–H and O–H groups in total. The Balaban J connectivity index is 1.64. The highest BCUT2D eigenvalue weighted by molar-refractivity contribution is 6.20. The number of rotatable bonds is 2. The molecule has 3 heteroatoms. The smallest absolute Gasteiger partial charge is 0.216 e. The summed E-state index contributed by atoms with van der Waals surface area (Å²) >= 11 is 0. The van der Waals surface area contributed by atoms with Gasteiger partial charge in [-0.1, -0.05) is 60.7 Å². The van der Waals surface area contributed by atoms with E-state index in [1.807, 2.05) is 37.5 Å². The number of hydrogen-bond donors (Lipinski definition) is 0. The molecular weight excluding hydrogens is 445 g/mol. The molecule has 0 saturated carbocycles. The van der Waals surface area contributed by atoms with Crippen LogP contribution in [0.3, 0.4) is 0 Å². The lowest BCUT2D eigenvalue weighted by Crippen LogP contribution is -2.30. The first-order valence-corrected chi connectivity index (χ1v) is 12.1. The van der Waals surface area contributed by atoms with Crippen LogP contribution in [-0.2, 0) is 7.05 Å². The van der Waals surface area contributed by atoms with Gasteiger partial charge in [0.25, 0.3) is 0 Å². The van der Waals surface area contributed by atoms with E-state index in [0.29, 0.717) is 5.58 Å². The Hall–Kier alpha value is -4.50. The van der Waals surface area contributed by atoms with Crippen LogP contribution in [0.25, 0.3) is 65.9 Å². The average Bonchev–Trinajstić information content (AvgIpc) is 3.26. The highest BCUT2D eigenvalue weighted by Gasteiger charge is 2.23. The van der Waals surface area contributed by atoms with Crippen molar-refractivity contribution >= 4 is 43.5 Å². The minimum atomic E-state index is -0.308. The van der Waals surface area contributed by atoms with Gasteiger partial charge in [0.15, 0.2) is 6.20 Å². The maximum Gasteiger partial charge on any atom is 0.216 e. The molecule has 0 spiro atoms. The van der Waals surface area contributed by atoms with Crippen LogP contribution >= 0.6 is 0 Å². The van der Waals surface area contributed by atoms with Crippen LogP contribution in [-0.4, -0.2) is 0 Å². The summed E-state index contributed by atoms with van der Waals surface area (Å²) in [5.74, 6) is -0.308. The van der Waals surface area contributed by atoms with E-state index in [1.165, 1.54) is 11.5 Å². The molecule has 0 amide bonds. The molecule has 0 bridgehead atoms. The van der Waals surface area contributed by atoms with E-state index in [-0.39, 0.29) is 5.82 Å². The first kappa shape index (κ1) is 20.8. The third kappa shape index (κ3) is 2.99. The number of hydrogen-bond acceptors (Lipinski definition) is 1. The molecule has 0 saturated heterocycles. The minimum absolute atomic E-state index is 0.308. The van der Waals surface area contributed by atoms with Crippen molar-refractivity contribution < 1.29 is 13.4 Å².